The molecular weight excluding hydrogens is 294 g/mol. The predicted octanol–water partition coefficient (Wildman–Crippen LogP) is 3.06. The van der Waals surface area contributed by atoms with E-state index in [1.807, 2.05) is 29.8 Å². The Morgan fingerprint density at radius 3 is 2.59 bits per heavy atom. The Morgan fingerprint density at radius 2 is 1.95 bits per heavy atom. The average Bonchev–Trinajstić information content (AvgIpc) is 3.04. The Morgan fingerprint density at radius 1 is 1.18 bits per heavy atom. The number of carbonyl (C=O) groups is 1. The van der Waals surface area contributed by atoms with Crippen molar-refractivity contribution in [1.82, 2.24) is 4.90 Å². The number of nitrogens with zero attached hydrogens (tertiary/aromatic N) is 2. The fourth-order valence-corrected chi connectivity index (χ4v) is 3.27. The van der Waals surface area contributed by atoms with Gasteiger partial charge in [0.1, 0.15) is 0 Å². The third-order valence-electron chi connectivity index (χ3n) is 4.11. The number of piperazine rings is 1. The van der Waals surface area contributed by atoms with Gasteiger partial charge in [0.05, 0.1) is 5.56 Å². The first-order valence-corrected chi connectivity index (χ1v) is 8.45. The third kappa shape index (κ3) is 3.31. The van der Waals surface area contributed by atoms with Crippen LogP contribution in [0.5, 0.6) is 0 Å². The molecule has 1 aromatic heterocycles. The van der Waals surface area contributed by atoms with Gasteiger partial charge in [-0.1, -0.05) is 0 Å². The highest BCUT2D eigenvalue weighted by Crippen LogP contribution is 2.24. The third-order valence-corrected chi connectivity index (χ3v) is 4.79. The van der Waals surface area contributed by atoms with Crippen molar-refractivity contribution in [3.05, 3.63) is 46.2 Å². The van der Waals surface area contributed by atoms with E-state index in [1.54, 1.807) is 0 Å². The lowest BCUT2D eigenvalue weighted by molar-refractivity contribution is 0.102. The van der Waals surface area contributed by atoms with Gasteiger partial charge in [-0.15, -0.1) is 0 Å². The minimum Gasteiger partial charge on any atom is -0.369 e. The first kappa shape index (κ1) is 15.1. The lowest BCUT2D eigenvalue weighted by Gasteiger charge is -2.34. The van der Waals surface area contributed by atoms with E-state index >= 15 is 0 Å². The van der Waals surface area contributed by atoms with E-state index in [9.17, 15) is 4.79 Å². The Labute approximate surface area is 135 Å². The second-order valence-electron chi connectivity index (χ2n) is 5.76. The van der Waals surface area contributed by atoms with Crippen LogP contribution >= 0.6 is 11.3 Å². The van der Waals surface area contributed by atoms with Gasteiger partial charge in [-0.2, -0.15) is 11.3 Å². The molecule has 1 fully saturated rings. The fourth-order valence-electron chi connectivity index (χ4n) is 2.64. The van der Waals surface area contributed by atoms with Crippen LogP contribution in [0.4, 0.5) is 11.4 Å². The predicted molar refractivity (Wildman–Crippen MR) is 93.2 cm³/mol. The summed E-state index contributed by atoms with van der Waals surface area (Å²) in [7, 11) is 2.16. The molecule has 4 nitrogen and oxygen atoms in total. The Bertz CT molecular complexity index is 646. The molecule has 0 spiro atoms. The summed E-state index contributed by atoms with van der Waals surface area (Å²) < 4.78 is 0. The molecule has 22 heavy (non-hydrogen) atoms. The molecule has 0 radical (unpaired) electrons. The van der Waals surface area contributed by atoms with Crippen molar-refractivity contribution in [2.24, 2.45) is 0 Å². The number of hydrogen-bond acceptors (Lipinski definition) is 4. The van der Waals surface area contributed by atoms with Gasteiger partial charge in [-0.3, -0.25) is 4.79 Å². The number of amides is 1. The van der Waals surface area contributed by atoms with Crippen LogP contribution in [0.25, 0.3) is 0 Å². The number of aryl methyl sites for hydroxylation is 1. The van der Waals surface area contributed by atoms with Gasteiger partial charge in [0.2, 0.25) is 0 Å². The number of rotatable bonds is 3. The normalized spacial score (nSPS) is 15.8. The molecule has 1 aliphatic rings. The zero-order chi connectivity index (χ0) is 15.5. The van der Waals surface area contributed by atoms with Crippen LogP contribution in [0, 0.1) is 6.92 Å². The molecule has 1 aliphatic heterocycles. The van der Waals surface area contributed by atoms with Gasteiger partial charge in [-0.25, -0.2) is 0 Å². The number of nitrogens with one attached hydrogen (secondary N) is 1. The molecule has 0 unspecified atom stereocenters. The summed E-state index contributed by atoms with van der Waals surface area (Å²) in [5.41, 5.74) is 3.93. The van der Waals surface area contributed by atoms with Crippen LogP contribution in [-0.4, -0.2) is 44.0 Å². The summed E-state index contributed by atoms with van der Waals surface area (Å²) in [4.78, 5) is 16.9. The van der Waals surface area contributed by atoms with E-state index in [1.165, 1.54) is 17.0 Å². The summed E-state index contributed by atoms with van der Waals surface area (Å²) in [6.07, 6.45) is 0. The van der Waals surface area contributed by atoms with Crippen LogP contribution < -0.4 is 10.2 Å². The Hall–Kier alpha value is -1.85. The maximum atomic E-state index is 12.1. The maximum absolute atomic E-state index is 12.1. The number of thiophene rings is 1. The molecule has 116 valence electrons. The van der Waals surface area contributed by atoms with E-state index in [0.717, 1.165) is 37.4 Å². The first-order chi connectivity index (χ1) is 10.6. The molecule has 1 N–H and O–H groups in total. The van der Waals surface area contributed by atoms with Crippen LogP contribution in [0.15, 0.2) is 35.0 Å². The average molecular weight is 315 g/mol. The summed E-state index contributed by atoms with van der Waals surface area (Å²) in [6, 6.07) is 8.11. The largest absolute Gasteiger partial charge is 0.369 e. The highest BCUT2D eigenvalue weighted by atomic mass is 32.1. The van der Waals surface area contributed by atoms with Crippen LogP contribution in [0.1, 0.15) is 15.9 Å². The van der Waals surface area contributed by atoms with Gasteiger partial charge in [0, 0.05) is 42.9 Å². The molecule has 1 saturated heterocycles. The van der Waals surface area contributed by atoms with E-state index in [2.05, 4.69) is 34.3 Å². The first-order valence-electron chi connectivity index (χ1n) is 7.51. The molecule has 5 heteroatoms. The Balaban J connectivity index is 1.71. The summed E-state index contributed by atoms with van der Waals surface area (Å²) in [5.74, 6) is -0.0447. The van der Waals surface area contributed by atoms with Gasteiger partial charge in [0.25, 0.3) is 5.91 Å². The molecule has 2 heterocycles. The van der Waals surface area contributed by atoms with Gasteiger partial charge < -0.3 is 15.1 Å². The van der Waals surface area contributed by atoms with Crippen molar-refractivity contribution in [3.8, 4) is 0 Å². The van der Waals surface area contributed by atoms with E-state index in [-0.39, 0.29) is 5.91 Å². The second kappa shape index (κ2) is 6.50. The molecule has 0 saturated carbocycles. The highest BCUT2D eigenvalue weighted by molar-refractivity contribution is 7.08. The zero-order valence-electron chi connectivity index (χ0n) is 13.0. The minimum absolute atomic E-state index is 0.0447. The summed E-state index contributed by atoms with van der Waals surface area (Å²) in [5, 5.41) is 6.77. The standard InChI is InChI=1S/C17H21N3OS/c1-13-11-15(20-8-6-19(2)7-9-20)3-4-16(13)18-17(21)14-5-10-22-12-14/h3-5,10-12H,6-9H2,1-2H3,(H,18,21). The number of likely N-dealkylation sites (N-methyl/N-ethyl adjacent to an activating group) is 1. The molecule has 0 bridgehead atoms. The number of carbonyl (C=O) groups excluding carboxylic acids is 1. The van der Waals surface area contributed by atoms with Crippen LogP contribution in [0.3, 0.4) is 0 Å². The number of anilines is 2. The lowest BCUT2D eigenvalue weighted by atomic mass is 10.1. The van der Waals surface area contributed by atoms with Crippen molar-refractivity contribution >= 4 is 28.6 Å². The fraction of sp³-hybridized carbons (Fsp3) is 0.353. The lowest BCUT2D eigenvalue weighted by Crippen LogP contribution is -2.44. The van der Waals surface area contributed by atoms with Gasteiger partial charge in [-0.05, 0) is 49.2 Å². The maximum Gasteiger partial charge on any atom is 0.256 e. The van der Waals surface area contributed by atoms with Crippen molar-refractivity contribution in [1.29, 1.82) is 0 Å². The molecule has 1 aromatic carbocycles. The van der Waals surface area contributed by atoms with Gasteiger partial charge >= 0.3 is 0 Å². The van der Waals surface area contributed by atoms with Crippen LogP contribution in [0.2, 0.25) is 0 Å². The summed E-state index contributed by atoms with van der Waals surface area (Å²) >= 11 is 1.53. The van der Waals surface area contributed by atoms with Crippen LogP contribution in [-0.2, 0) is 0 Å². The van der Waals surface area contributed by atoms with E-state index in [0.29, 0.717) is 5.56 Å². The number of benzene rings is 1. The van der Waals surface area contributed by atoms with Crippen molar-refractivity contribution in [2.45, 2.75) is 6.92 Å². The van der Waals surface area contributed by atoms with Gasteiger partial charge in [0.15, 0.2) is 0 Å². The van der Waals surface area contributed by atoms with E-state index < -0.39 is 0 Å². The van der Waals surface area contributed by atoms with Crippen molar-refractivity contribution in [2.75, 3.05) is 43.4 Å². The topological polar surface area (TPSA) is 35.6 Å². The number of hydrogen-bond donors (Lipinski definition) is 1. The molecule has 0 aliphatic carbocycles. The molecule has 3 rings (SSSR count). The van der Waals surface area contributed by atoms with Crippen molar-refractivity contribution < 1.29 is 4.79 Å². The SMILES string of the molecule is Cc1cc(N2CCN(C)CC2)ccc1NC(=O)c1ccsc1. The molecular formula is C17H21N3OS. The van der Waals surface area contributed by atoms with Crippen molar-refractivity contribution in [3.63, 3.8) is 0 Å². The minimum atomic E-state index is -0.0447. The highest BCUT2D eigenvalue weighted by Gasteiger charge is 2.15. The second-order valence-corrected chi connectivity index (χ2v) is 6.54. The zero-order valence-corrected chi connectivity index (χ0v) is 13.8. The molecule has 1 amide bonds. The quantitative estimate of drug-likeness (QED) is 0.945. The monoisotopic (exact) mass is 315 g/mol. The Kier molecular flexibility index (Phi) is 4.45. The summed E-state index contributed by atoms with van der Waals surface area (Å²) in [6.45, 7) is 6.33. The van der Waals surface area contributed by atoms with E-state index in [4.69, 9.17) is 0 Å². The molecule has 0 atom stereocenters. The molecule has 2 aromatic rings. The smallest absolute Gasteiger partial charge is 0.256 e.